The molecule has 0 aliphatic carbocycles. The molecule has 0 fully saturated rings. The lowest BCUT2D eigenvalue weighted by Crippen LogP contribution is -2.55. The molecule has 0 saturated carbocycles. The molecule has 11 N–H and O–H groups in total. The number of carboxylic acids is 2. The molecule has 0 heterocycles. The predicted octanol–water partition coefficient (Wildman–Crippen LogP) is -4.90. The Hall–Kier alpha value is -5.10. The van der Waals surface area contributed by atoms with Gasteiger partial charge in [-0.15, -0.1) is 0 Å². The molecule has 0 rings (SSSR count). The molecular weight excluding hydrogens is 564 g/mol. The van der Waals surface area contributed by atoms with Gasteiger partial charge in [-0.05, 0) is 19.3 Å². The van der Waals surface area contributed by atoms with E-state index in [4.69, 9.17) is 11.5 Å². The number of aliphatic imine (C=N–C) groups is 1. The molecule has 42 heavy (non-hydrogen) atoms. The van der Waals surface area contributed by atoms with Crippen LogP contribution in [-0.4, -0.2) is 108 Å². The van der Waals surface area contributed by atoms with Gasteiger partial charge < -0.3 is 53.1 Å². The molecule has 5 amide bonds. The second-order valence-corrected chi connectivity index (χ2v) is 8.86. The van der Waals surface area contributed by atoms with E-state index in [1.165, 1.54) is 14.0 Å². The number of carbonyl (C=O) groups is 9. The van der Waals surface area contributed by atoms with Gasteiger partial charge in [0.15, 0.2) is 5.96 Å². The molecule has 0 radical (unpaired) electrons. The number of aldehydes is 2. The first-order valence-corrected chi connectivity index (χ1v) is 12.5. The SMILES string of the molecule is CNC(=O)CC[C@@H](NC(=O)[C@@H](C)[C@H](C=O)NC(=O)[C@H](CCCN=C(N)N)NC(=O)C[C@@H](NC(=O)C=O)C(=O)O)C(=O)O. The summed E-state index contributed by atoms with van der Waals surface area (Å²) in [5, 5.41) is 29.4. The Morgan fingerprint density at radius 1 is 0.810 bits per heavy atom. The molecule has 5 atom stereocenters. The van der Waals surface area contributed by atoms with E-state index in [1.807, 2.05) is 0 Å². The number of hydrogen-bond donors (Lipinski definition) is 9. The van der Waals surface area contributed by atoms with Gasteiger partial charge in [0.05, 0.1) is 18.4 Å². The van der Waals surface area contributed by atoms with Crippen molar-refractivity contribution in [1.29, 1.82) is 0 Å². The van der Waals surface area contributed by atoms with Gasteiger partial charge in [-0.25, -0.2) is 9.59 Å². The number of aliphatic carboxylic acids is 2. The molecule has 0 bridgehead atoms. The standard InChI is InChI=1S/C23H36N8O11/c1-11(19(37)30-13(21(39)40)5-6-16(34)26-2)15(9-32)31-20(38)12(4-3-7-27-23(24)25)28-17(35)8-14(22(41)42)29-18(36)10-33/h9-15H,3-8H2,1-2H3,(H,26,34)(H,28,35)(H,29,36)(H,30,37)(H,31,38)(H,39,40)(H,41,42)(H4,24,25,27)/t11-,12-,13+,14+,15-/m0/s1. The smallest absolute Gasteiger partial charge is 0.326 e. The molecule has 0 aromatic rings. The fourth-order valence-electron chi connectivity index (χ4n) is 3.28. The minimum Gasteiger partial charge on any atom is -0.480 e. The second-order valence-electron chi connectivity index (χ2n) is 8.86. The van der Waals surface area contributed by atoms with Crippen LogP contribution >= 0.6 is 0 Å². The van der Waals surface area contributed by atoms with Crippen LogP contribution in [-0.2, 0) is 43.2 Å². The van der Waals surface area contributed by atoms with Gasteiger partial charge in [0.25, 0.3) is 5.91 Å². The normalized spacial score (nSPS) is 13.9. The molecule has 0 aliphatic rings. The van der Waals surface area contributed by atoms with Crippen molar-refractivity contribution in [3.05, 3.63) is 0 Å². The minimum absolute atomic E-state index is 0.0255. The largest absolute Gasteiger partial charge is 0.480 e. The lowest BCUT2D eigenvalue weighted by atomic mass is 10.00. The number of nitrogens with zero attached hydrogens (tertiary/aromatic N) is 1. The van der Waals surface area contributed by atoms with Crippen LogP contribution in [0.15, 0.2) is 4.99 Å². The molecule has 234 valence electrons. The molecule has 0 aromatic carbocycles. The number of guanidine groups is 1. The number of hydrogen-bond acceptors (Lipinski definition) is 10. The van der Waals surface area contributed by atoms with Crippen LogP contribution in [0.4, 0.5) is 0 Å². The summed E-state index contributed by atoms with van der Waals surface area (Å²) in [6, 6.07) is -6.17. The number of rotatable bonds is 20. The molecule has 19 nitrogen and oxygen atoms in total. The molecule has 0 aromatic heterocycles. The Morgan fingerprint density at radius 2 is 1.43 bits per heavy atom. The van der Waals surface area contributed by atoms with E-state index in [1.54, 1.807) is 5.32 Å². The van der Waals surface area contributed by atoms with Crippen LogP contribution in [0.2, 0.25) is 0 Å². The fourth-order valence-corrected chi connectivity index (χ4v) is 3.28. The summed E-state index contributed by atoms with van der Waals surface area (Å²) in [6.45, 7) is 1.25. The first-order valence-electron chi connectivity index (χ1n) is 12.5. The van der Waals surface area contributed by atoms with Crippen LogP contribution in [0, 0.1) is 5.92 Å². The highest BCUT2D eigenvalue weighted by atomic mass is 16.4. The van der Waals surface area contributed by atoms with Gasteiger partial charge in [0, 0.05) is 20.0 Å². The summed E-state index contributed by atoms with van der Waals surface area (Å²) >= 11 is 0. The van der Waals surface area contributed by atoms with E-state index in [0.717, 1.165) is 0 Å². The predicted molar refractivity (Wildman–Crippen MR) is 142 cm³/mol. The molecular formula is C23H36N8O11. The summed E-state index contributed by atoms with van der Waals surface area (Å²) in [5.74, 6) is -9.29. The lowest BCUT2D eigenvalue weighted by Gasteiger charge is -2.25. The Bertz CT molecular complexity index is 1060. The monoisotopic (exact) mass is 600 g/mol. The lowest BCUT2D eigenvalue weighted by molar-refractivity contribution is -0.144. The van der Waals surface area contributed by atoms with Crippen LogP contribution in [0.5, 0.6) is 0 Å². The average Bonchev–Trinajstić information content (AvgIpc) is 2.93. The third-order valence-corrected chi connectivity index (χ3v) is 5.67. The zero-order chi connectivity index (χ0) is 32.4. The van der Waals surface area contributed by atoms with Crippen molar-refractivity contribution < 1.29 is 53.4 Å². The highest BCUT2D eigenvalue weighted by Gasteiger charge is 2.32. The van der Waals surface area contributed by atoms with Crippen molar-refractivity contribution in [2.24, 2.45) is 22.4 Å². The first kappa shape index (κ1) is 36.9. The van der Waals surface area contributed by atoms with Crippen LogP contribution in [0.1, 0.15) is 39.0 Å². The van der Waals surface area contributed by atoms with E-state index in [9.17, 15) is 53.4 Å². The Kier molecular flexibility index (Phi) is 16.7. The van der Waals surface area contributed by atoms with E-state index in [2.05, 4.69) is 26.3 Å². The molecule has 0 saturated heterocycles. The third kappa shape index (κ3) is 14.3. The highest BCUT2D eigenvalue weighted by Crippen LogP contribution is 2.08. The third-order valence-electron chi connectivity index (χ3n) is 5.67. The van der Waals surface area contributed by atoms with E-state index >= 15 is 0 Å². The summed E-state index contributed by atoms with van der Waals surface area (Å²) in [4.78, 5) is 110. The molecule has 0 aliphatic heterocycles. The molecule has 0 unspecified atom stereocenters. The van der Waals surface area contributed by atoms with Gasteiger partial charge in [0.1, 0.15) is 24.4 Å². The van der Waals surface area contributed by atoms with Crippen molar-refractivity contribution in [1.82, 2.24) is 26.6 Å². The van der Waals surface area contributed by atoms with Gasteiger partial charge in [-0.1, -0.05) is 6.92 Å². The Balaban J connectivity index is 5.63. The topological polar surface area (TPSA) is 319 Å². The van der Waals surface area contributed by atoms with Crippen molar-refractivity contribution in [2.75, 3.05) is 13.6 Å². The summed E-state index contributed by atoms with van der Waals surface area (Å²) < 4.78 is 0. The maximum absolute atomic E-state index is 13.0. The Morgan fingerprint density at radius 3 is 1.93 bits per heavy atom. The number of nitrogens with one attached hydrogen (secondary N) is 5. The summed E-state index contributed by atoms with van der Waals surface area (Å²) in [6.07, 6.45) is -1.30. The summed E-state index contributed by atoms with van der Waals surface area (Å²) in [7, 11) is 1.35. The number of amides is 5. The highest BCUT2D eigenvalue weighted by molar-refractivity contribution is 6.24. The van der Waals surface area contributed by atoms with Crippen LogP contribution in [0.3, 0.4) is 0 Å². The molecule has 19 heteroatoms. The van der Waals surface area contributed by atoms with Gasteiger partial charge >= 0.3 is 11.9 Å². The maximum Gasteiger partial charge on any atom is 0.326 e. The first-order chi connectivity index (χ1) is 19.7. The quantitative estimate of drug-likeness (QED) is 0.0208. The van der Waals surface area contributed by atoms with Crippen molar-refractivity contribution in [3.63, 3.8) is 0 Å². The number of carboxylic acid groups (broad SMARTS) is 2. The van der Waals surface area contributed by atoms with Crippen molar-refractivity contribution in [3.8, 4) is 0 Å². The molecule has 0 spiro atoms. The van der Waals surface area contributed by atoms with Gasteiger partial charge in [-0.2, -0.15) is 0 Å². The second kappa shape index (κ2) is 19.1. The van der Waals surface area contributed by atoms with Crippen LogP contribution < -0.4 is 38.1 Å². The zero-order valence-electron chi connectivity index (χ0n) is 23.0. The van der Waals surface area contributed by atoms with Crippen molar-refractivity contribution >= 4 is 60.0 Å². The van der Waals surface area contributed by atoms with E-state index in [0.29, 0.717) is 0 Å². The van der Waals surface area contributed by atoms with Crippen molar-refractivity contribution in [2.45, 2.75) is 63.2 Å². The Labute approximate surface area is 239 Å². The van der Waals surface area contributed by atoms with E-state index < -0.39 is 78.0 Å². The number of nitrogens with two attached hydrogens (primary N) is 2. The van der Waals surface area contributed by atoms with E-state index in [-0.39, 0.29) is 50.8 Å². The average molecular weight is 601 g/mol. The van der Waals surface area contributed by atoms with Crippen LogP contribution in [0.25, 0.3) is 0 Å². The van der Waals surface area contributed by atoms with Gasteiger partial charge in [0.2, 0.25) is 29.9 Å². The minimum atomic E-state index is -1.80. The summed E-state index contributed by atoms with van der Waals surface area (Å²) in [5.41, 5.74) is 10.5. The maximum atomic E-state index is 13.0. The fraction of sp³-hybridized carbons (Fsp3) is 0.565. The number of carbonyl (C=O) groups excluding carboxylic acids is 7. The zero-order valence-corrected chi connectivity index (χ0v) is 23.0. The van der Waals surface area contributed by atoms with Gasteiger partial charge in [-0.3, -0.25) is 33.8 Å².